The normalized spacial score (nSPS) is 11.6. The molecule has 6 N–H and O–H groups in total. The Balaban J connectivity index is 6.03. The van der Waals surface area contributed by atoms with E-state index in [2.05, 4.69) is 81.2 Å². The number of nitrogens with one attached hydrogen (secondary N) is 6. The van der Waals surface area contributed by atoms with Gasteiger partial charge in [0, 0.05) is 137 Å². The monoisotopic (exact) mass is 1330 g/mol. The fraction of sp³-hybridized carbons (Fsp3) is 0.938. The highest BCUT2D eigenvalue weighted by Crippen LogP contribution is 2.15. The van der Waals surface area contributed by atoms with Gasteiger partial charge in [0.2, 0.25) is 29.5 Å². The molecule has 0 saturated carbocycles. The van der Waals surface area contributed by atoms with E-state index in [0.717, 1.165) is 83.8 Å². The smallest absolute Gasteiger partial charge is 0.221 e. The van der Waals surface area contributed by atoms with E-state index < -0.39 is 0 Å². The van der Waals surface area contributed by atoms with Gasteiger partial charge in [-0.05, 0) is 32.1 Å². The third-order valence-corrected chi connectivity index (χ3v) is 19.2. The summed E-state index contributed by atoms with van der Waals surface area (Å²) in [5.74, 6) is 0.384. The van der Waals surface area contributed by atoms with Crippen molar-refractivity contribution in [1.29, 1.82) is 0 Å². The van der Waals surface area contributed by atoms with E-state index >= 15 is 0 Å². The first kappa shape index (κ1) is 91.2. The maximum atomic E-state index is 13.5. The minimum Gasteiger partial charge on any atom is -0.356 e. The van der Waals surface area contributed by atoms with Gasteiger partial charge in [-0.1, -0.05) is 317 Å². The molecule has 0 aromatic carbocycles. The highest BCUT2D eigenvalue weighted by atomic mass is 16.2. The largest absolute Gasteiger partial charge is 0.356 e. The van der Waals surface area contributed by atoms with Crippen molar-refractivity contribution in [2.24, 2.45) is 0 Å². The summed E-state index contributed by atoms with van der Waals surface area (Å²) in [6, 6.07) is 0. The lowest BCUT2D eigenvalue weighted by atomic mass is 10.1. The van der Waals surface area contributed by atoms with Crippen molar-refractivity contribution >= 4 is 29.5 Å². The highest BCUT2D eigenvalue weighted by Gasteiger charge is 2.17. The number of nitrogens with zero attached hydrogens (tertiary/aromatic N) is 3. The topological polar surface area (TPSA) is 167 Å². The summed E-state index contributed by atoms with van der Waals surface area (Å²) in [7, 11) is 0. The molecule has 0 atom stereocenters. The van der Waals surface area contributed by atoms with Crippen molar-refractivity contribution < 1.29 is 24.0 Å². The molecule has 0 spiro atoms. The van der Waals surface area contributed by atoms with E-state index in [4.69, 9.17) is 0 Å². The van der Waals surface area contributed by atoms with Crippen molar-refractivity contribution in [3.8, 4) is 0 Å². The quantitative estimate of drug-likeness (QED) is 0.0325. The first-order chi connectivity index (χ1) is 46.2. The number of carbonyl (C=O) groups is 5. The number of unbranched alkanes of at least 4 members (excludes halogenated alkanes) is 44. The van der Waals surface area contributed by atoms with Crippen LogP contribution in [0.3, 0.4) is 0 Å². The van der Waals surface area contributed by atoms with E-state index in [1.54, 1.807) is 0 Å². The second-order valence-corrected chi connectivity index (χ2v) is 28.3. The van der Waals surface area contributed by atoms with Crippen molar-refractivity contribution in [2.75, 3.05) is 105 Å². The number of amides is 5. The fourth-order valence-corrected chi connectivity index (χ4v) is 12.6. The Morgan fingerprint density at radius 3 is 0.564 bits per heavy atom. The summed E-state index contributed by atoms with van der Waals surface area (Å²) in [5, 5.41) is 19.5. The van der Waals surface area contributed by atoms with Gasteiger partial charge in [0.25, 0.3) is 0 Å². The van der Waals surface area contributed by atoms with Crippen molar-refractivity contribution in [3.05, 3.63) is 0 Å². The Morgan fingerprint density at radius 2 is 0.351 bits per heavy atom. The third kappa shape index (κ3) is 70.5. The molecule has 0 bridgehead atoms. The molecule has 5 amide bonds. The van der Waals surface area contributed by atoms with E-state index in [9.17, 15) is 24.0 Å². The number of rotatable bonds is 78. The van der Waals surface area contributed by atoms with E-state index in [-0.39, 0.29) is 29.5 Å². The predicted octanol–water partition coefficient (Wildman–Crippen LogP) is 18.2. The van der Waals surface area contributed by atoms with Gasteiger partial charge < -0.3 is 46.6 Å². The molecule has 0 saturated heterocycles. The second-order valence-electron chi connectivity index (χ2n) is 28.3. The first-order valence-electron chi connectivity index (χ1n) is 41.4. The number of carbonyl (C=O) groups excluding carboxylic acids is 5. The average molecular weight is 1330 g/mol. The molecule has 0 aromatic heterocycles. The minimum atomic E-state index is 0.0637. The van der Waals surface area contributed by atoms with Crippen LogP contribution in [-0.4, -0.2) is 149 Å². The zero-order valence-corrected chi connectivity index (χ0v) is 63.4. The first-order valence-corrected chi connectivity index (χ1v) is 41.4. The van der Waals surface area contributed by atoms with Crippen molar-refractivity contribution in [3.63, 3.8) is 0 Å². The zero-order chi connectivity index (χ0) is 68.4. The Bertz CT molecular complexity index is 1580. The highest BCUT2D eigenvalue weighted by molar-refractivity contribution is 5.77. The Kier molecular flexibility index (Phi) is 73.7. The Morgan fingerprint density at radius 1 is 0.181 bits per heavy atom. The van der Waals surface area contributed by atoms with Crippen LogP contribution in [0.25, 0.3) is 0 Å². The van der Waals surface area contributed by atoms with Gasteiger partial charge in [-0.3, -0.25) is 24.0 Å². The van der Waals surface area contributed by atoms with E-state index in [1.807, 2.05) is 0 Å². The molecule has 94 heavy (non-hydrogen) atoms. The number of hydrogen-bond donors (Lipinski definition) is 6. The Labute approximate surface area is 583 Å². The molecular weight excluding hydrogens is 1170 g/mol. The average Bonchev–Trinajstić information content (AvgIpc) is 3.46. The molecule has 14 nitrogen and oxygen atoms in total. The molecule has 0 radical (unpaired) electrons. The summed E-state index contributed by atoms with van der Waals surface area (Å²) in [6.07, 6.45) is 63.8. The van der Waals surface area contributed by atoms with Crippen LogP contribution < -0.4 is 31.9 Å². The van der Waals surface area contributed by atoms with Crippen LogP contribution >= 0.6 is 0 Å². The van der Waals surface area contributed by atoms with Gasteiger partial charge in [-0.25, -0.2) is 0 Å². The molecule has 0 unspecified atom stereocenters. The molecule has 0 aliphatic heterocycles. The summed E-state index contributed by atoms with van der Waals surface area (Å²) in [4.78, 5) is 73.6. The molecule has 0 aliphatic rings. The minimum absolute atomic E-state index is 0.0637. The standard InChI is InChI=1S/C80H161N9O5/c1-6-11-16-21-26-31-36-41-46-51-61-83-77(91)56-67-87(68-57-78(92)84-62-52-47-42-37-32-27-22-17-12-7-2)72-74-89(70-59-80(94)86-64-54-49-44-39-34-29-24-19-14-9-4)75-73-88(69-58-79(93)85-63-53-48-43-38-33-28-23-18-13-8-3)71-66-81-65-55-76(90)82-60-50-45-40-35-30-25-20-15-10-5/h81H,6-75H2,1-5H3,(H,82,90)(H,83,91)(H,84,92)(H,85,93)(H,86,94). The summed E-state index contributed by atoms with van der Waals surface area (Å²) >= 11 is 0. The van der Waals surface area contributed by atoms with E-state index in [0.29, 0.717) is 117 Å². The van der Waals surface area contributed by atoms with Gasteiger partial charge in [0.05, 0.1) is 0 Å². The predicted molar refractivity (Wildman–Crippen MR) is 405 cm³/mol. The van der Waals surface area contributed by atoms with Crippen molar-refractivity contribution in [2.45, 2.75) is 381 Å². The number of hydrogen-bond acceptors (Lipinski definition) is 9. The van der Waals surface area contributed by atoms with Crippen LogP contribution in [-0.2, 0) is 24.0 Å². The summed E-state index contributed by atoms with van der Waals surface area (Å²) < 4.78 is 0. The maximum absolute atomic E-state index is 13.5. The third-order valence-electron chi connectivity index (χ3n) is 19.2. The lowest BCUT2D eigenvalue weighted by Crippen LogP contribution is -2.44. The second kappa shape index (κ2) is 76.0. The van der Waals surface area contributed by atoms with Crippen LogP contribution in [0.1, 0.15) is 381 Å². The molecule has 0 aromatic rings. The molecule has 0 rings (SSSR count). The van der Waals surface area contributed by atoms with Crippen LogP contribution in [0.2, 0.25) is 0 Å². The van der Waals surface area contributed by atoms with Crippen LogP contribution in [0.15, 0.2) is 0 Å². The van der Waals surface area contributed by atoms with Crippen LogP contribution in [0.5, 0.6) is 0 Å². The molecule has 0 aliphatic carbocycles. The SMILES string of the molecule is CCCCCCCCCCCCNC(=O)CCN(CCNCCC(=O)NCCCCCCCCCCC)CCN(CCC(=O)NCCCCCCCCCCCC)CCN(CCC(=O)NCCCCCCCCCCCC)CCC(=O)NCCCCCCCCCCCC. The lowest BCUT2D eigenvalue weighted by Gasteiger charge is -2.30. The van der Waals surface area contributed by atoms with Gasteiger partial charge in [0.1, 0.15) is 0 Å². The molecule has 14 heteroatoms. The summed E-state index contributed by atoms with van der Waals surface area (Å²) in [6.45, 7) is 22.0. The Hall–Kier alpha value is -2.81. The van der Waals surface area contributed by atoms with E-state index in [1.165, 1.54) is 250 Å². The van der Waals surface area contributed by atoms with Gasteiger partial charge in [0.15, 0.2) is 0 Å². The fourth-order valence-electron chi connectivity index (χ4n) is 12.6. The van der Waals surface area contributed by atoms with Gasteiger partial charge in [-0.15, -0.1) is 0 Å². The van der Waals surface area contributed by atoms with Crippen LogP contribution in [0, 0.1) is 0 Å². The van der Waals surface area contributed by atoms with Gasteiger partial charge >= 0.3 is 0 Å². The summed E-state index contributed by atoms with van der Waals surface area (Å²) in [5.41, 5.74) is 0. The zero-order valence-electron chi connectivity index (χ0n) is 63.4. The van der Waals surface area contributed by atoms with Gasteiger partial charge in [-0.2, -0.15) is 0 Å². The maximum Gasteiger partial charge on any atom is 0.221 e. The molecular formula is C80H161N9O5. The van der Waals surface area contributed by atoms with Crippen molar-refractivity contribution in [1.82, 2.24) is 46.6 Å². The van der Waals surface area contributed by atoms with Crippen LogP contribution in [0.4, 0.5) is 0 Å². The molecule has 556 valence electrons. The molecule has 0 fully saturated rings. The molecule has 0 heterocycles. The lowest BCUT2D eigenvalue weighted by molar-refractivity contribution is -0.122.